The third kappa shape index (κ3) is 5.30. The molecule has 0 aliphatic rings. The van der Waals surface area contributed by atoms with E-state index in [9.17, 15) is 9.59 Å². The minimum Gasteiger partial charge on any atom is -0.469 e. The summed E-state index contributed by atoms with van der Waals surface area (Å²) in [7, 11) is 1.36. The topological polar surface area (TPSA) is 98.1 Å². The number of carbonyl (C=O) groups excluding carboxylic acids is 2. The van der Waals surface area contributed by atoms with Crippen LogP contribution in [-0.2, 0) is 16.1 Å². The van der Waals surface area contributed by atoms with Crippen molar-refractivity contribution in [2.75, 3.05) is 13.7 Å². The predicted octanol–water partition coefficient (Wildman–Crippen LogP) is 1.66. The van der Waals surface area contributed by atoms with E-state index in [1.165, 1.54) is 7.11 Å². The number of urea groups is 1. The molecule has 0 aromatic carbocycles. The molecule has 8 heteroatoms. The van der Waals surface area contributed by atoms with E-state index in [1.807, 2.05) is 18.3 Å². The summed E-state index contributed by atoms with van der Waals surface area (Å²) in [6.45, 7) is 4.31. The highest BCUT2D eigenvalue weighted by atomic mass is 16.5. The summed E-state index contributed by atoms with van der Waals surface area (Å²) in [4.78, 5) is 31.7. The second kappa shape index (κ2) is 8.27. The molecule has 0 atom stereocenters. The number of nitrogens with one attached hydrogen (secondary N) is 2. The van der Waals surface area contributed by atoms with Gasteiger partial charge in [0.25, 0.3) is 0 Å². The van der Waals surface area contributed by atoms with E-state index in [-0.39, 0.29) is 12.0 Å². The molecule has 134 valence electrons. The number of aromatic nitrogens is 3. The molecule has 0 radical (unpaired) electrons. The van der Waals surface area contributed by atoms with Gasteiger partial charge in [-0.2, -0.15) is 0 Å². The average Bonchev–Trinajstić information content (AvgIpc) is 3.14. The standard InChI is InChI=1S/C17H23N5O3/c1-17(2,15(23)25-3)6-7-19-16(24)21-11-13-4-5-14(20-10-13)22-9-8-18-12-22/h4-5,8-10,12H,6-7,11H2,1-3H3,(H2,19,21,24). The first-order valence-corrected chi connectivity index (χ1v) is 7.96. The van der Waals surface area contributed by atoms with E-state index < -0.39 is 5.41 Å². The first-order valence-electron chi connectivity index (χ1n) is 7.96. The quantitative estimate of drug-likeness (QED) is 0.744. The summed E-state index contributed by atoms with van der Waals surface area (Å²) in [5.41, 5.74) is 0.253. The monoisotopic (exact) mass is 345 g/mol. The number of hydrogen-bond donors (Lipinski definition) is 2. The maximum Gasteiger partial charge on any atom is 0.315 e. The summed E-state index contributed by atoms with van der Waals surface area (Å²) in [6.07, 6.45) is 7.36. The molecule has 2 heterocycles. The third-order valence-corrected chi connectivity index (χ3v) is 3.80. The van der Waals surface area contributed by atoms with Crippen LogP contribution in [0.4, 0.5) is 4.79 Å². The minimum absolute atomic E-state index is 0.292. The molecule has 0 aliphatic heterocycles. The molecule has 0 spiro atoms. The van der Waals surface area contributed by atoms with Crippen LogP contribution < -0.4 is 10.6 Å². The maximum atomic E-state index is 11.8. The van der Waals surface area contributed by atoms with Crippen LogP contribution in [0, 0.1) is 5.41 Å². The van der Waals surface area contributed by atoms with Crippen LogP contribution in [0.2, 0.25) is 0 Å². The van der Waals surface area contributed by atoms with Crippen molar-refractivity contribution in [2.24, 2.45) is 5.41 Å². The van der Waals surface area contributed by atoms with E-state index in [0.717, 1.165) is 11.4 Å². The second-order valence-electron chi connectivity index (χ2n) is 6.23. The van der Waals surface area contributed by atoms with Crippen molar-refractivity contribution >= 4 is 12.0 Å². The number of ether oxygens (including phenoxy) is 1. The Balaban J connectivity index is 1.74. The van der Waals surface area contributed by atoms with Crippen molar-refractivity contribution in [3.8, 4) is 5.82 Å². The Morgan fingerprint density at radius 2 is 2.08 bits per heavy atom. The molecule has 0 aliphatic carbocycles. The zero-order chi connectivity index (χ0) is 18.3. The fraction of sp³-hybridized carbons (Fsp3) is 0.412. The second-order valence-corrected chi connectivity index (χ2v) is 6.23. The normalized spacial score (nSPS) is 11.0. The Hall–Kier alpha value is -2.90. The SMILES string of the molecule is COC(=O)C(C)(C)CCNC(=O)NCc1ccc(-n2ccnc2)nc1. The number of amides is 2. The molecule has 8 nitrogen and oxygen atoms in total. The molecular formula is C17H23N5O3. The van der Waals surface area contributed by atoms with Crippen molar-refractivity contribution in [1.29, 1.82) is 0 Å². The molecule has 2 aromatic heterocycles. The van der Waals surface area contributed by atoms with Gasteiger partial charge in [0.05, 0.1) is 12.5 Å². The number of imidazole rings is 1. The molecule has 2 amide bonds. The summed E-state index contributed by atoms with van der Waals surface area (Å²) < 4.78 is 6.53. The minimum atomic E-state index is -0.630. The maximum absolute atomic E-state index is 11.8. The van der Waals surface area contributed by atoms with Crippen LogP contribution in [0.1, 0.15) is 25.8 Å². The molecule has 0 unspecified atom stereocenters. The van der Waals surface area contributed by atoms with Crippen LogP contribution in [0.25, 0.3) is 5.82 Å². The van der Waals surface area contributed by atoms with Crippen LogP contribution in [-0.4, -0.2) is 40.2 Å². The first kappa shape index (κ1) is 18.4. The molecule has 0 saturated heterocycles. The Bertz CT molecular complexity index is 696. The van der Waals surface area contributed by atoms with Gasteiger partial charge in [-0.05, 0) is 31.9 Å². The van der Waals surface area contributed by atoms with Gasteiger partial charge >= 0.3 is 12.0 Å². The molecule has 0 saturated carbocycles. The summed E-state index contributed by atoms with van der Waals surface area (Å²) >= 11 is 0. The van der Waals surface area contributed by atoms with E-state index in [4.69, 9.17) is 4.74 Å². The van der Waals surface area contributed by atoms with E-state index in [1.54, 1.807) is 37.1 Å². The Morgan fingerprint density at radius 1 is 1.28 bits per heavy atom. The van der Waals surface area contributed by atoms with Crippen LogP contribution in [0.15, 0.2) is 37.1 Å². The number of methoxy groups -OCH3 is 1. The van der Waals surface area contributed by atoms with Gasteiger partial charge in [0.1, 0.15) is 12.1 Å². The lowest BCUT2D eigenvalue weighted by molar-refractivity contribution is -0.151. The number of esters is 1. The summed E-state index contributed by atoms with van der Waals surface area (Å²) in [5, 5.41) is 5.49. The highest BCUT2D eigenvalue weighted by molar-refractivity contribution is 5.76. The van der Waals surface area contributed by atoms with Crippen molar-refractivity contribution in [3.05, 3.63) is 42.6 Å². The molecule has 2 rings (SSSR count). The van der Waals surface area contributed by atoms with Crippen LogP contribution >= 0.6 is 0 Å². The van der Waals surface area contributed by atoms with Crippen molar-refractivity contribution in [1.82, 2.24) is 25.2 Å². The molecule has 2 aromatic rings. The van der Waals surface area contributed by atoms with Gasteiger partial charge in [0, 0.05) is 31.7 Å². The van der Waals surface area contributed by atoms with Crippen molar-refractivity contribution in [2.45, 2.75) is 26.8 Å². The summed E-state index contributed by atoms with van der Waals surface area (Å²) in [6, 6.07) is 3.46. The van der Waals surface area contributed by atoms with Crippen LogP contribution in [0.3, 0.4) is 0 Å². The Labute approximate surface area is 146 Å². The van der Waals surface area contributed by atoms with E-state index in [0.29, 0.717) is 19.5 Å². The van der Waals surface area contributed by atoms with E-state index in [2.05, 4.69) is 20.6 Å². The van der Waals surface area contributed by atoms with Gasteiger partial charge in [0.2, 0.25) is 0 Å². The average molecular weight is 345 g/mol. The smallest absolute Gasteiger partial charge is 0.315 e. The first-order chi connectivity index (χ1) is 11.9. The number of carbonyl (C=O) groups is 2. The Kier molecular flexibility index (Phi) is 6.10. The van der Waals surface area contributed by atoms with Crippen LogP contribution in [0.5, 0.6) is 0 Å². The third-order valence-electron chi connectivity index (χ3n) is 3.80. The van der Waals surface area contributed by atoms with Gasteiger partial charge in [0.15, 0.2) is 0 Å². The predicted molar refractivity (Wildman–Crippen MR) is 92.0 cm³/mol. The largest absolute Gasteiger partial charge is 0.469 e. The fourth-order valence-electron chi connectivity index (χ4n) is 2.18. The zero-order valence-corrected chi connectivity index (χ0v) is 14.7. The highest BCUT2D eigenvalue weighted by Crippen LogP contribution is 2.20. The Morgan fingerprint density at radius 3 is 2.68 bits per heavy atom. The number of rotatable bonds is 7. The van der Waals surface area contributed by atoms with Gasteiger partial charge in [-0.1, -0.05) is 6.07 Å². The molecule has 0 bridgehead atoms. The molecule has 2 N–H and O–H groups in total. The zero-order valence-electron chi connectivity index (χ0n) is 14.7. The van der Waals surface area contributed by atoms with E-state index >= 15 is 0 Å². The number of nitrogens with zero attached hydrogens (tertiary/aromatic N) is 3. The van der Waals surface area contributed by atoms with Crippen molar-refractivity contribution in [3.63, 3.8) is 0 Å². The lowest BCUT2D eigenvalue weighted by atomic mass is 9.89. The molecular weight excluding hydrogens is 322 g/mol. The molecule has 0 fully saturated rings. The van der Waals surface area contributed by atoms with Gasteiger partial charge in [-0.15, -0.1) is 0 Å². The number of hydrogen-bond acceptors (Lipinski definition) is 5. The van der Waals surface area contributed by atoms with Gasteiger partial charge < -0.3 is 15.4 Å². The lowest BCUT2D eigenvalue weighted by Crippen LogP contribution is -2.38. The molecule has 25 heavy (non-hydrogen) atoms. The van der Waals surface area contributed by atoms with Gasteiger partial charge in [-0.3, -0.25) is 9.36 Å². The lowest BCUT2D eigenvalue weighted by Gasteiger charge is -2.21. The summed E-state index contributed by atoms with van der Waals surface area (Å²) in [5.74, 6) is 0.467. The van der Waals surface area contributed by atoms with Gasteiger partial charge in [-0.25, -0.2) is 14.8 Å². The fourth-order valence-corrected chi connectivity index (χ4v) is 2.18. The number of pyridine rings is 1. The van der Waals surface area contributed by atoms with Crippen molar-refractivity contribution < 1.29 is 14.3 Å². The highest BCUT2D eigenvalue weighted by Gasteiger charge is 2.28.